The SMILES string of the molecule is CCC1(C(=O)N(CCOC)C2CCS(=O)(=O)C2)COC1. The zero-order valence-electron chi connectivity index (χ0n) is 12.1. The van der Waals surface area contributed by atoms with Crippen LogP contribution in [0, 0.1) is 5.41 Å². The zero-order chi connectivity index (χ0) is 14.8. The Morgan fingerprint density at radius 2 is 2.15 bits per heavy atom. The molecule has 20 heavy (non-hydrogen) atoms. The molecule has 0 bridgehead atoms. The van der Waals surface area contributed by atoms with Crippen LogP contribution in [-0.4, -0.2) is 70.2 Å². The summed E-state index contributed by atoms with van der Waals surface area (Å²) in [4.78, 5) is 14.5. The lowest BCUT2D eigenvalue weighted by atomic mass is 9.81. The van der Waals surface area contributed by atoms with Gasteiger partial charge in [-0.2, -0.15) is 0 Å². The number of carbonyl (C=O) groups excluding carboxylic acids is 1. The number of ether oxygens (including phenoxy) is 2. The summed E-state index contributed by atoms with van der Waals surface area (Å²) in [7, 11) is -1.43. The highest BCUT2D eigenvalue weighted by atomic mass is 32.2. The molecular formula is C13H23NO5S. The first-order chi connectivity index (χ1) is 9.44. The first-order valence-corrected chi connectivity index (χ1v) is 8.84. The summed E-state index contributed by atoms with van der Waals surface area (Å²) in [5, 5.41) is 0. The molecule has 0 aliphatic carbocycles. The third-order valence-electron chi connectivity index (χ3n) is 4.33. The number of hydrogen-bond donors (Lipinski definition) is 0. The van der Waals surface area contributed by atoms with E-state index in [4.69, 9.17) is 9.47 Å². The van der Waals surface area contributed by atoms with Gasteiger partial charge in [0.25, 0.3) is 0 Å². The van der Waals surface area contributed by atoms with Gasteiger partial charge in [-0.1, -0.05) is 6.92 Å². The summed E-state index contributed by atoms with van der Waals surface area (Å²) in [6.07, 6.45) is 1.24. The van der Waals surface area contributed by atoms with E-state index in [9.17, 15) is 13.2 Å². The minimum Gasteiger partial charge on any atom is -0.383 e. The topological polar surface area (TPSA) is 72.9 Å². The van der Waals surface area contributed by atoms with Crippen molar-refractivity contribution in [2.75, 3.05) is 45.0 Å². The first kappa shape index (κ1) is 15.7. The van der Waals surface area contributed by atoms with Gasteiger partial charge in [0.05, 0.1) is 36.7 Å². The molecule has 0 radical (unpaired) electrons. The van der Waals surface area contributed by atoms with Crippen LogP contribution in [0.4, 0.5) is 0 Å². The molecule has 0 aromatic carbocycles. The molecule has 2 saturated heterocycles. The van der Waals surface area contributed by atoms with Crippen molar-refractivity contribution in [3.63, 3.8) is 0 Å². The molecule has 2 rings (SSSR count). The van der Waals surface area contributed by atoms with Crippen LogP contribution >= 0.6 is 0 Å². The van der Waals surface area contributed by atoms with E-state index in [0.717, 1.165) is 6.42 Å². The molecule has 0 saturated carbocycles. The number of amides is 1. The summed E-state index contributed by atoms with van der Waals surface area (Å²) in [6.45, 7) is 3.71. The van der Waals surface area contributed by atoms with E-state index < -0.39 is 15.3 Å². The van der Waals surface area contributed by atoms with Crippen molar-refractivity contribution < 1.29 is 22.7 Å². The Labute approximate surface area is 120 Å². The third kappa shape index (κ3) is 2.99. The van der Waals surface area contributed by atoms with Crippen molar-refractivity contribution in [3.05, 3.63) is 0 Å². The van der Waals surface area contributed by atoms with Crippen LogP contribution < -0.4 is 0 Å². The molecule has 0 aromatic heterocycles. The van der Waals surface area contributed by atoms with E-state index in [1.54, 1.807) is 12.0 Å². The summed E-state index contributed by atoms with van der Waals surface area (Å²) in [6, 6.07) is -0.216. The lowest BCUT2D eigenvalue weighted by Crippen LogP contribution is -2.58. The number of sulfone groups is 1. The fraction of sp³-hybridized carbons (Fsp3) is 0.923. The van der Waals surface area contributed by atoms with Crippen LogP contribution in [0.15, 0.2) is 0 Å². The predicted octanol–water partition coefficient (Wildman–Crippen LogP) is 0.0751. The second-order valence-electron chi connectivity index (χ2n) is 5.67. The van der Waals surface area contributed by atoms with Crippen molar-refractivity contribution in [1.29, 1.82) is 0 Å². The monoisotopic (exact) mass is 305 g/mol. The number of nitrogens with zero attached hydrogens (tertiary/aromatic N) is 1. The maximum Gasteiger partial charge on any atom is 0.233 e. The average molecular weight is 305 g/mol. The summed E-state index contributed by atoms with van der Waals surface area (Å²) < 4.78 is 33.6. The summed E-state index contributed by atoms with van der Waals surface area (Å²) >= 11 is 0. The van der Waals surface area contributed by atoms with Crippen LogP contribution in [0.2, 0.25) is 0 Å². The highest BCUT2D eigenvalue weighted by Crippen LogP contribution is 2.35. The minimum atomic E-state index is -3.01. The van der Waals surface area contributed by atoms with Crippen LogP contribution in [-0.2, 0) is 24.1 Å². The average Bonchev–Trinajstić information content (AvgIpc) is 2.69. The zero-order valence-corrected chi connectivity index (χ0v) is 12.9. The highest BCUT2D eigenvalue weighted by Gasteiger charge is 2.48. The van der Waals surface area contributed by atoms with Crippen molar-refractivity contribution in [3.8, 4) is 0 Å². The van der Waals surface area contributed by atoms with Crippen molar-refractivity contribution in [2.24, 2.45) is 5.41 Å². The Balaban J connectivity index is 2.13. The van der Waals surface area contributed by atoms with Crippen molar-refractivity contribution in [2.45, 2.75) is 25.8 Å². The van der Waals surface area contributed by atoms with Crippen molar-refractivity contribution in [1.82, 2.24) is 4.90 Å². The lowest BCUT2D eigenvalue weighted by molar-refractivity contribution is -0.175. The van der Waals surface area contributed by atoms with E-state index >= 15 is 0 Å². The van der Waals surface area contributed by atoms with E-state index in [1.165, 1.54) is 0 Å². The van der Waals surface area contributed by atoms with Gasteiger partial charge in [0.15, 0.2) is 9.84 Å². The molecule has 1 atom stereocenters. The fourth-order valence-corrected chi connectivity index (χ4v) is 4.52. The molecule has 6 nitrogen and oxygen atoms in total. The van der Waals surface area contributed by atoms with E-state index in [-0.39, 0.29) is 23.5 Å². The van der Waals surface area contributed by atoms with Crippen LogP contribution in [0.5, 0.6) is 0 Å². The van der Waals surface area contributed by atoms with Gasteiger partial charge >= 0.3 is 0 Å². The predicted molar refractivity (Wildman–Crippen MR) is 74.2 cm³/mol. The normalized spacial score (nSPS) is 27.0. The fourth-order valence-electron chi connectivity index (χ4n) is 2.79. The van der Waals surface area contributed by atoms with E-state index in [2.05, 4.69) is 0 Å². The Hall–Kier alpha value is -0.660. The summed E-state index contributed by atoms with van der Waals surface area (Å²) in [5.41, 5.74) is -0.458. The molecule has 2 fully saturated rings. The molecule has 2 aliphatic rings. The standard InChI is InChI=1S/C13H23NO5S/c1-3-13(9-19-10-13)12(15)14(5-6-18-2)11-4-7-20(16,17)8-11/h11H,3-10H2,1-2H3. The molecule has 2 aliphatic heterocycles. The highest BCUT2D eigenvalue weighted by molar-refractivity contribution is 7.91. The molecule has 1 unspecified atom stereocenters. The second kappa shape index (κ2) is 5.99. The number of hydrogen-bond acceptors (Lipinski definition) is 5. The van der Waals surface area contributed by atoms with Crippen LogP contribution in [0.25, 0.3) is 0 Å². The van der Waals surface area contributed by atoms with Crippen LogP contribution in [0.1, 0.15) is 19.8 Å². The minimum absolute atomic E-state index is 0.0189. The first-order valence-electron chi connectivity index (χ1n) is 7.02. The van der Waals surface area contributed by atoms with E-state index in [1.807, 2.05) is 6.92 Å². The largest absolute Gasteiger partial charge is 0.383 e. The number of carbonyl (C=O) groups is 1. The molecule has 7 heteroatoms. The van der Waals surface area contributed by atoms with Gasteiger partial charge in [-0.15, -0.1) is 0 Å². The molecular weight excluding hydrogens is 282 g/mol. The number of methoxy groups -OCH3 is 1. The molecule has 2 heterocycles. The number of rotatable bonds is 6. The molecule has 0 N–H and O–H groups in total. The van der Waals surface area contributed by atoms with Crippen molar-refractivity contribution >= 4 is 15.7 Å². The second-order valence-corrected chi connectivity index (χ2v) is 7.90. The molecule has 0 spiro atoms. The molecule has 1 amide bonds. The third-order valence-corrected chi connectivity index (χ3v) is 6.08. The van der Waals surface area contributed by atoms with Gasteiger partial charge < -0.3 is 14.4 Å². The van der Waals surface area contributed by atoms with Gasteiger partial charge in [0.1, 0.15) is 0 Å². The maximum absolute atomic E-state index is 12.8. The quantitative estimate of drug-likeness (QED) is 0.694. The van der Waals surface area contributed by atoms with Gasteiger partial charge in [-0.05, 0) is 12.8 Å². The Morgan fingerprint density at radius 1 is 1.45 bits per heavy atom. The Kier molecular flexibility index (Phi) is 4.71. The van der Waals surface area contributed by atoms with Crippen LogP contribution in [0.3, 0.4) is 0 Å². The van der Waals surface area contributed by atoms with E-state index in [0.29, 0.717) is 32.8 Å². The molecule has 116 valence electrons. The maximum atomic E-state index is 12.8. The smallest absolute Gasteiger partial charge is 0.233 e. The Bertz CT molecular complexity index is 452. The van der Waals surface area contributed by atoms with Gasteiger partial charge in [-0.3, -0.25) is 4.79 Å². The Morgan fingerprint density at radius 3 is 2.55 bits per heavy atom. The van der Waals surface area contributed by atoms with Gasteiger partial charge in [0, 0.05) is 19.7 Å². The lowest BCUT2D eigenvalue weighted by Gasteiger charge is -2.44. The van der Waals surface area contributed by atoms with Gasteiger partial charge in [-0.25, -0.2) is 8.42 Å². The van der Waals surface area contributed by atoms with Gasteiger partial charge in [0.2, 0.25) is 5.91 Å². The molecule has 0 aromatic rings. The summed E-state index contributed by atoms with van der Waals surface area (Å²) in [5.74, 6) is 0.262.